The highest BCUT2D eigenvalue weighted by Gasteiger charge is 2.30. The maximum atomic E-state index is 13.5. The quantitative estimate of drug-likeness (QED) is 0.323. The van der Waals surface area contributed by atoms with Crippen molar-refractivity contribution in [3.05, 3.63) is 69.3 Å². The second-order valence-electron chi connectivity index (χ2n) is 12.3. The molecule has 4 amide bonds. The van der Waals surface area contributed by atoms with Gasteiger partial charge in [-0.2, -0.15) is 0 Å². The van der Waals surface area contributed by atoms with Gasteiger partial charge >= 0.3 is 0 Å². The lowest BCUT2D eigenvalue weighted by atomic mass is 9.98. The maximum Gasteiger partial charge on any atom is 0.274 e. The van der Waals surface area contributed by atoms with E-state index in [-0.39, 0.29) is 72.2 Å². The fourth-order valence-corrected chi connectivity index (χ4v) is 6.85. The molecule has 2 aliphatic heterocycles. The SMILES string of the molecule is Cc1oc2nc1C(=O)N[C@@H](C(C)C)c1nc(cs1)C(=O)NCCN(C(=O)[C@H]1CCCNC1)CCCC(=O)N[C@H]2Cc1ccccc1.Cl. The number of carbonyl (C=O) groups excluding carboxylic acids is 4. The number of hydrogen-bond donors (Lipinski definition) is 4. The van der Waals surface area contributed by atoms with Crippen molar-refractivity contribution in [1.29, 1.82) is 0 Å². The number of benzene rings is 1. The van der Waals surface area contributed by atoms with E-state index in [9.17, 15) is 19.2 Å². The minimum atomic E-state index is -0.607. The molecule has 47 heavy (non-hydrogen) atoms. The Hall–Kier alpha value is -3.81. The van der Waals surface area contributed by atoms with Crippen molar-refractivity contribution >= 4 is 47.4 Å². The van der Waals surface area contributed by atoms with Crippen LogP contribution in [0.1, 0.15) is 94.8 Å². The third-order valence-corrected chi connectivity index (χ3v) is 9.30. The molecule has 0 radical (unpaired) electrons. The number of nitrogens with zero attached hydrogens (tertiary/aromatic N) is 3. The van der Waals surface area contributed by atoms with Crippen molar-refractivity contribution in [3.63, 3.8) is 0 Å². The molecule has 0 saturated carbocycles. The Labute approximate surface area is 285 Å². The van der Waals surface area contributed by atoms with Crippen molar-refractivity contribution in [1.82, 2.24) is 36.1 Å². The van der Waals surface area contributed by atoms with Crippen molar-refractivity contribution < 1.29 is 23.6 Å². The van der Waals surface area contributed by atoms with E-state index in [1.54, 1.807) is 17.2 Å². The summed E-state index contributed by atoms with van der Waals surface area (Å²) < 4.78 is 6.01. The summed E-state index contributed by atoms with van der Waals surface area (Å²) in [6.07, 6.45) is 2.77. The number of fused-ring (bicyclic) bond motifs is 4. The average Bonchev–Trinajstić information content (AvgIpc) is 3.70. The largest absolute Gasteiger partial charge is 0.443 e. The number of rotatable bonds is 4. The first-order valence-electron chi connectivity index (χ1n) is 16.0. The van der Waals surface area contributed by atoms with Gasteiger partial charge in [-0.1, -0.05) is 44.2 Å². The van der Waals surface area contributed by atoms with E-state index < -0.39 is 18.0 Å². The number of carbonyl (C=O) groups is 4. The molecule has 254 valence electrons. The second kappa shape index (κ2) is 16.8. The number of halogens is 1. The molecule has 3 aromatic rings. The molecule has 2 aliphatic rings. The van der Waals surface area contributed by atoms with Crippen molar-refractivity contribution in [2.45, 2.75) is 65.0 Å². The lowest BCUT2D eigenvalue weighted by Gasteiger charge is -2.30. The lowest BCUT2D eigenvalue weighted by molar-refractivity contribution is -0.136. The topological polar surface area (TPSA) is 159 Å². The Bertz CT molecular complexity index is 1520. The van der Waals surface area contributed by atoms with Gasteiger partial charge in [0.15, 0.2) is 5.69 Å². The Kier molecular flexibility index (Phi) is 12.9. The minimum Gasteiger partial charge on any atom is -0.443 e. The van der Waals surface area contributed by atoms with Gasteiger partial charge in [-0.05, 0) is 44.2 Å². The van der Waals surface area contributed by atoms with Crippen LogP contribution in [0.5, 0.6) is 0 Å². The molecule has 4 heterocycles. The fourth-order valence-electron chi connectivity index (χ4n) is 5.83. The van der Waals surface area contributed by atoms with Crippen LogP contribution in [0.2, 0.25) is 0 Å². The molecule has 0 spiro atoms. The molecule has 1 saturated heterocycles. The maximum absolute atomic E-state index is 13.5. The van der Waals surface area contributed by atoms with Crippen molar-refractivity contribution in [2.75, 3.05) is 32.7 Å². The van der Waals surface area contributed by atoms with E-state index in [4.69, 9.17) is 4.42 Å². The van der Waals surface area contributed by atoms with E-state index in [1.165, 1.54) is 11.3 Å². The first-order valence-corrected chi connectivity index (χ1v) is 16.9. The van der Waals surface area contributed by atoms with Gasteiger partial charge in [0.25, 0.3) is 11.8 Å². The third-order valence-electron chi connectivity index (χ3n) is 8.38. The molecule has 0 unspecified atom stereocenters. The van der Waals surface area contributed by atoms with Crippen LogP contribution in [0.3, 0.4) is 0 Å². The van der Waals surface area contributed by atoms with Crippen LogP contribution in [0.15, 0.2) is 40.1 Å². The highest BCUT2D eigenvalue weighted by molar-refractivity contribution is 7.09. The van der Waals surface area contributed by atoms with Gasteiger partial charge in [0.1, 0.15) is 22.5 Å². The average molecular weight is 686 g/mol. The van der Waals surface area contributed by atoms with Gasteiger partial charge in [0.2, 0.25) is 17.7 Å². The molecule has 0 aliphatic carbocycles. The smallest absolute Gasteiger partial charge is 0.274 e. The van der Waals surface area contributed by atoms with Crippen LogP contribution >= 0.6 is 23.7 Å². The van der Waals surface area contributed by atoms with E-state index in [2.05, 4.69) is 31.2 Å². The molecule has 12 nitrogen and oxygen atoms in total. The number of nitrogens with one attached hydrogen (secondary N) is 4. The zero-order valence-electron chi connectivity index (χ0n) is 27.0. The second-order valence-corrected chi connectivity index (χ2v) is 13.2. The van der Waals surface area contributed by atoms with Gasteiger partial charge in [-0.3, -0.25) is 19.2 Å². The van der Waals surface area contributed by atoms with Gasteiger partial charge in [0, 0.05) is 44.4 Å². The molecule has 1 fully saturated rings. The summed E-state index contributed by atoms with van der Waals surface area (Å²) in [5, 5.41) is 14.6. The summed E-state index contributed by atoms with van der Waals surface area (Å²) in [4.78, 5) is 64.2. The molecule has 4 N–H and O–H groups in total. The van der Waals surface area contributed by atoms with Crippen LogP contribution in [0.4, 0.5) is 0 Å². The Morgan fingerprint density at radius 1 is 1.04 bits per heavy atom. The van der Waals surface area contributed by atoms with Crippen molar-refractivity contribution in [3.8, 4) is 0 Å². The number of hydrogen-bond acceptors (Lipinski definition) is 9. The normalized spacial score (nSPS) is 21.7. The van der Waals surface area contributed by atoms with E-state index in [0.717, 1.165) is 24.9 Å². The fraction of sp³-hybridized carbons (Fsp3) is 0.515. The molecule has 14 heteroatoms. The molecule has 3 atom stereocenters. The van der Waals surface area contributed by atoms with Crippen LogP contribution in [0.25, 0.3) is 0 Å². The minimum absolute atomic E-state index is 0. The predicted octanol–water partition coefficient (Wildman–Crippen LogP) is 3.74. The highest BCUT2D eigenvalue weighted by atomic mass is 35.5. The molecule has 5 rings (SSSR count). The Morgan fingerprint density at radius 3 is 2.55 bits per heavy atom. The van der Waals surface area contributed by atoms with Crippen molar-refractivity contribution in [2.24, 2.45) is 11.8 Å². The van der Waals surface area contributed by atoms with Crippen LogP contribution < -0.4 is 21.3 Å². The number of aromatic nitrogens is 2. The summed E-state index contributed by atoms with van der Waals surface area (Å²) >= 11 is 1.30. The standard InChI is InChI=1S/C33H43N7O5S.ClH/c1-20(2)27-32-37-25(19-46-32)29(42)35-14-16-40(33(44)23-11-7-13-34-18-23)15-8-12-26(41)36-24(17-22-9-5-4-6-10-22)31-39-28(21(3)45-31)30(43)38-27;/h4-6,9-10,19-20,23-24,27,34H,7-8,11-18H2,1-3H3,(H,35,42)(H,36,41)(H,38,43);1H/t23-,24-,27-;/m0./s1. The van der Waals surface area contributed by atoms with Crippen LogP contribution in [-0.2, 0) is 16.0 Å². The molecular weight excluding hydrogens is 642 g/mol. The van der Waals surface area contributed by atoms with E-state index in [1.807, 2.05) is 44.2 Å². The molecule has 1 aromatic carbocycles. The summed E-state index contributed by atoms with van der Waals surface area (Å²) in [7, 11) is 0. The monoisotopic (exact) mass is 685 g/mol. The summed E-state index contributed by atoms with van der Waals surface area (Å²) in [6.45, 7) is 8.06. The Balaban J connectivity index is 0.00000500. The predicted molar refractivity (Wildman–Crippen MR) is 180 cm³/mol. The first-order chi connectivity index (χ1) is 22.2. The number of oxazole rings is 1. The van der Waals surface area contributed by atoms with Gasteiger partial charge in [0.05, 0.1) is 12.0 Å². The van der Waals surface area contributed by atoms with Crippen LogP contribution in [-0.4, -0.2) is 71.2 Å². The third kappa shape index (κ3) is 9.39. The number of piperidine rings is 1. The number of thiazole rings is 1. The van der Waals surface area contributed by atoms with Gasteiger partial charge in [-0.25, -0.2) is 9.97 Å². The summed E-state index contributed by atoms with van der Waals surface area (Å²) in [6, 6.07) is 8.62. The lowest BCUT2D eigenvalue weighted by Crippen LogP contribution is -2.46. The van der Waals surface area contributed by atoms with E-state index in [0.29, 0.717) is 43.2 Å². The van der Waals surface area contributed by atoms with E-state index >= 15 is 0 Å². The molecular formula is C33H44ClN7O5S. The Morgan fingerprint density at radius 2 is 1.83 bits per heavy atom. The van der Waals surface area contributed by atoms with Crippen LogP contribution in [0, 0.1) is 18.8 Å². The molecule has 2 aromatic heterocycles. The summed E-state index contributed by atoms with van der Waals surface area (Å²) in [5.74, 6) is -0.553. The zero-order chi connectivity index (χ0) is 32.6. The van der Waals surface area contributed by atoms with Gasteiger partial charge < -0.3 is 30.6 Å². The summed E-state index contributed by atoms with van der Waals surface area (Å²) in [5.41, 5.74) is 1.36. The highest BCUT2D eigenvalue weighted by Crippen LogP contribution is 2.27. The number of aryl methyl sites for hydroxylation is 1. The molecule has 4 bridgehead atoms. The number of amides is 4. The zero-order valence-corrected chi connectivity index (χ0v) is 28.7. The first kappa shape index (κ1) is 36.0. The van der Waals surface area contributed by atoms with Gasteiger partial charge in [-0.15, -0.1) is 23.7 Å².